The summed E-state index contributed by atoms with van der Waals surface area (Å²) in [5.41, 5.74) is 1.87. The lowest BCUT2D eigenvalue weighted by atomic mass is 9.86. The molecular weight excluding hydrogens is 234 g/mol. The van der Waals surface area contributed by atoms with Gasteiger partial charge in [0.25, 0.3) is 0 Å². The first kappa shape index (κ1) is 12.1. The predicted molar refractivity (Wildman–Crippen MR) is 65.1 cm³/mol. The normalized spacial score (nSPS) is 17.6. The van der Waals surface area contributed by atoms with E-state index in [2.05, 4.69) is 11.1 Å². The van der Waals surface area contributed by atoms with Crippen molar-refractivity contribution in [3.63, 3.8) is 0 Å². The molecule has 0 atom stereocenters. The van der Waals surface area contributed by atoms with E-state index in [1.54, 1.807) is 17.5 Å². The lowest BCUT2D eigenvalue weighted by Crippen LogP contribution is -2.39. The Balaban J connectivity index is 2.06. The molecule has 1 heterocycles. The van der Waals surface area contributed by atoms with Crippen LogP contribution >= 0.6 is 11.3 Å². The molecule has 0 radical (unpaired) electrons. The number of rotatable bonds is 3. The average Bonchev–Trinajstić information content (AvgIpc) is 2.99. The van der Waals surface area contributed by atoms with Crippen molar-refractivity contribution < 1.29 is 4.79 Å². The molecule has 0 saturated heterocycles. The van der Waals surface area contributed by atoms with Crippen molar-refractivity contribution in [3.8, 4) is 6.07 Å². The van der Waals surface area contributed by atoms with Gasteiger partial charge in [0, 0.05) is 12.4 Å². The van der Waals surface area contributed by atoms with E-state index in [-0.39, 0.29) is 5.91 Å². The van der Waals surface area contributed by atoms with Gasteiger partial charge in [-0.1, -0.05) is 12.8 Å². The lowest BCUT2D eigenvalue weighted by Gasteiger charge is -2.25. The number of aromatic nitrogens is 1. The zero-order valence-electron chi connectivity index (χ0n) is 9.85. The topological polar surface area (TPSA) is 57.0 Å². The van der Waals surface area contributed by atoms with Crippen LogP contribution in [0.2, 0.25) is 0 Å². The molecule has 1 fully saturated rings. The molecule has 0 bridgehead atoms. The molecule has 5 heteroatoms. The van der Waals surface area contributed by atoms with Crippen LogP contribution in [0.15, 0.2) is 10.9 Å². The van der Waals surface area contributed by atoms with Crippen molar-refractivity contribution >= 4 is 17.2 Å². The quantitative estimate of drug-likeness (QED) is 0.825. The number of hydrogen-bond acceptors (Lipinski definition) is 4. The second-order valence-corrected chi connectivity index (χ2v) is 5.26. The Kier molecular flexibility index (Phi) is 3.43. The summed E-state index contributed by atoms with van der Waals surface area (Å²) in [5.74, 6) is -0.0505. The van der Waals surface area contributed by atoms with Crippen LogP contribution in [0.5, 0.6) is 0 Å². The first-order chi connectivity index (χ1) is 8.18. The van der Waals surface area contributed by atoms with E-state index in [1.165, 1.54) is 11.3 Å². The number of nitriles is 1. The van der Waals surface area contributed by atoms with Crippen LogP contribution in [0.1, 0.15) is 31.4 Å². The smallest absolute Gasteiger partial charge is 0.243 e. The van der Waals surface area contributed by atoms with E-state index in [4.69, 9.17) is 0 Å². The summed E-state index contributed by atoms with van der Waals surface area (Å²) in [6.07, 6.45) is 3.35. The number of carbonyl (C=O) groups is 1. The number of carbonyl (C=O) groups excluding carboxylic acids is 1. The summed E-state index contributed by atoms with van der Waals surface area (Å²) >= 11 is 1.52. The third-order valence-electron chi connectivity index (χ3n) is 3.31. The Morgan fingerprint density at radius 2 is 2.35 bits per heavy atom. The molecule has 0 N–H and O–H groups in total. The Morgan fingerprint density at radius 1 is 1.65 bits per heavy atom. The molecule has 0 unspecified atom stereocenters. The fourth-order valence-corrected chi connectivity index (χ4v) is 2.90. The summed E-state index contributed by atoms with van der Waals surface area (Å²) in [6.45, 7) is 0.492. The summed E-state index contributed by atoms with van der Waals surface area (Å²) in [6, 6.07) is 2.23. The Labute approximate surface area is 105 Å². The molecule has 1 aliphatic rings. The Bertz CT molecular complexity index is 429. The molecule has 90 valence electrons. The van der Waals surface area contributed by atoms with E-state index in [0.29, 0.717) is 19.4 Å². The van der Waals surface area contributed by atoms with E-state index in [0.717, 1.165) is 18.5 Å². The number of hydrogen-bond donors (Lipinski definition) is 0. The minimum Gasteiger partial charge on any atom is -0.338 e. The van der Waals surface area contributed by atoms with Gasteiger partial charge in [-0.3, -0.25) is 4.79 Å². The fourth-order valence-electron chi connectivity index (χ4n) is 2.35. The van der Waals surface area contributed by atoms with Crippen molar-refractivity contribution in [3.05, 3.63) is 16.6 Å². The molecule has 17 heavy (non-hydrogen) atoms. The molecule has 0 aromatic carbocycles. The van der Waals surface area contributed by atoms with Crippen molar-refractivity contribution in [1.29, 1.82) is 5.26 Å². The average molecular weight is 249 g/mol. The fraction of sp³-hybridized carbons (Fsp3) is 0.583. The molecule has 4 nitrogen and oxygen atoms in total. The van der Waals surface area contributed by atoms with E-state index >= 15 is 0 Å². The van der Waals surface area contributed by atoms with Gasteiger partial charge in [-0.05, 0) is 12.8 Å². The van der Waals surface area contributed by atoms with Gasteiger partial charge in [-0.25, -0.2) is 4.98 Å². The van der Waals surface area contributed by atoms with Crippen LogP contribution in [0.3, 0.4) is 0 Å². The van der Waals surface area contributed by atoms with E-state index in [1.807, 2.05) is 5.38 Å². The van der Waals surface area contributed by atoms with E-state index < -0.39 is 5.41 Å². The van der Waals surface area contributed by atoms with Crippen molar-refractivity contribution in [2.45, 2.75) is 32.2 Å². The summed E-state index contributed by atoms with van der Waals surface area (Å²) < 4.78 is 0. The van der Waals surface area contributed by atoms with Gasteiger partial charge in [-0.15, -0.1) is 11.3 Å². The van der Waals surface area contributed by atoms with Crippen LogP contribution < -0.4 is 0 Å². The third kappa shape index (κ3) is 2.32. The minimum atomic E-state index is -0.773. The third-order valence-corrected chi connectivity index (χ3v) is 3.95. The van der Waals surface area contributed by atoms with Crippen LogP contribution in [0.4, 0.5) is 0 Å². The molecular formula is C12H15N3OS. The van der Waals surface area contributed by atoms with Crippen molar-refractivity contribution in [2.24, 2.45) is 5.41 Å². The van der Waals surface area contributed by atoms with Crippen molar-refractivity contribution in [2.75, 3.05) is 7.05 Å². The molecule has 1 amide bonds. The SMILES string of the molecule is CN(Cc1cscn1)C(=O)C1(C#N)CCCC1. The van der Waals surface area contributed by atoms with Crippen LogP contribution in [-0.4, -0.2) is 22.8 Å². The van der Waals surface area contributed by atoms with Gasteiger partial charge in [0.15, 0.2) is 0 Å². The Morgan fingerprint density at radius 3 is 2.88 bits per heavy atom. The highest BCUT2D eigenvalue weighted by atomic mass is 32.1. The highest BCUT2D eigenvalue weighted by molar-refractivity contribution is 7.07. The molecule has 1 aromatic rings. The first-order valence-corrected chi connectivity index (χ1v) is 6.66. The van der Waals surface area contributed by atoms with E-state index in [9.17, 15) is 10.1 Å². The van der Waals surface area contributed by atoms with Gasteiger partial charge in [0.2, 0.25) is 5.91 Å². The summed E-state index contributed by atoms with van der Waals surface area (Å²) in [4.78, 5) is 18.1. The van der Waals surface area contributed by atoms with Gasteiger partial charge in [0.1, 0.15) is 5.41 Å². The maximum Gasteiger partial charge on any atom is 0.243 e. The monoisotopic (exact) mass is 249 g/mol. The van der Waals surface area contributed by atoms with Crippen LogP contribution in [0.25, 0.3) is 0 Å². The highest BCUT2D eigenvalue weighted by Gasteiger charge is 2.43. The molecule has 0 spiro atoms. The molecule has 1 aliphatic carbocycles. The molecule has 1 saturated carbocycles. The van der Waals surface area contributed by atoms with Gasteiger partial charge < -0.3 is 4.90 Å². The van der Waals surface area contributed by atoms with Crippen molar-refractivity contribution in [1.82, 2.24) is 9.88 Å². The number of amides is 1. The number of thiazole rings is 1. The van der Waals surface area contributed by atoms with Gasteiger partial charge >= 0.3 is 0 Å². The molecule has 0 aliphatic heterocycles. The molecule has 1 aromatic heterocycles. The maximum absolute atomic E-state index is 12.3. The number of nitrogens with zero attached hydrogens (tertiary/aromatic N) is 3. The predicted octanol–water partition coefficient (Wildman–Crippen LogP) is 2.19. The lowest BCUT2D eigenvalue weighted by molar-refractivity contribution is -0.138. The zero-order valence-corrected chi connectivity index (χ0v) is 10.7. The van der Waals surface area contributed by atoms with Crippen LogP contribution in [0, 0.1) is 16.7 Å². The van der Waals surface area contributed by atoms with Crippen LogP contribution in [-0.2, 0) is 11.3 Å². The summed E-state index contributed by atoms with van der Waals surface area (Å²) in [5, 5.41) is 11.2. The standard InChI is InChI=1S/C12H15N3OS/c1-15(6-10-7-17-9-14-10)11(16)12(8-13)4-2-3-5-12/h7,9H,2-6H2,1H3. The zero-order chi connectivity index (χ0) is 12.3. The Hall–Kier alpha value is -1.41. The van der Waals surface area contributed by atoms with Gasteiger partial charge in [0.05, 0.1) is 23.8 Å². The molecule has 2 rings (SSSR count). The largest absolute Gasteiger partial charge is 0.338 e. The maximum atomic E-state index is 12.3. The second-order valence-electron chi connectivity index (χ2n) is 4.54. The summed E-state index contributed by atoms with van der Waals surface area (Å²) in [7, 11) is 1.75. The highest BCUT2D eigenvalue weighted by Crippen LogP contribution is 2.39. The first-order valence-electron chi connectivity index (χ1n) is 5.72. The minimum absolute atomic E-state index is 0.0505. The van der Waals surface area contributed by atoms with Gasteiger partial charge in [-0.2, -0.15) is 5.26 Å². The second kappa shape index (κ2) is 4.84.